The Kier molecular flexibility index (Phi) is 13.9. The number of aromatic nitrogens is 2. The van der Waals surface area contributed by atoms with Gasteiger partial charge in [0.25, 0.3) is 0 Å². The Bertz CT molecular complexity index is 2450. The van der Waals surface area contributed by atoms with E-state index in [1.165, 1.54) is 13.2 Å². The van der Waals surface area contributed by atoms with Gasteiger partial charge in [-0.05, 0) is 151 Å². The third-order valence-electron chi connectivity index (χ3n) is 12.6. The fraction of sp³-hybridized carbons (Fsp3) is 0.373. The summed E-state index contributed by atoms with van der Waals surface area (Å²) in [6, 6.07) is 27.3. The van der Waals surface area contributed by atoms with Gasteiger partial charge in [-0.25, -0.2) is 4.98 Å². The van der Waals surface area contributed by atoms with Crippen molar-refractivity contribution < 1.29 is 39.8 Å². The molecule has 1 aliphatic rings. The number of nitrogens with one attached hydrogen (secondary N) is 1. The summed E-state index contributed by atoms with van der Waals surface area (Å²) >= 11 is 0. The van der Waals surface area contributed by atoms with Crippen LogP contribution in [0.25, 0.3) is 10.8 Å². The van der Waals surface area contributed by atoms with Crippen LogP contribution in [0, 0.1) is 17.8 Å². The number of aromatic hydroxyl groups is 4. The van der Waals surface area contributed by atoms with Crippen LogP contribution < -0.4 is 19.8 Å². The van der Waals surface area contributed by atoms with Gasteiger partial charge >= 0.3 is 0 Å². The fourth-order valence-electron chi connectivity index (χ4n) is 9.52. The van der Waals surface area contributed by atoms with Gasteiger partial charge in [-0.2, -0.15) is 11.9 Å². The Morgan fingerprint density at radius 3 is 2.48 bits per heavy atom. The maximum atomic E-state index is 15.2. The van der Waals surface area contributed by atoms with E-state index in [2.05, 4.69) is 24.1 Å². The number of pyridine rings is 1. The number of Topliss-reactive ketones (excluding diaryl/α,β-unsaturated/α-hetero) is 1. The second-order valence-corrected chi connectivity index (χ2v) is 17.2. The van der Waals surface area contributed by atoms with E-state index in [9.17, 15) is 25.5 Å². The molecule has 0 spiro atoms. The number of nitrogens with zero attached hydrogens (tertiary/aromatic N) is 2. The number of aliphatic hydroxyl groups is 1. The molecule has 4 atom stereocenters. The number of carbonyl (C=O) groups is 1. The normalized spacial score (nSPS) is 17.3. The van der Waals surface area contributed by atoms with Gasteiger partial charge in [0.15, 0.2) is 23.0 Å². The summed E-state index contributed by atoms with van der Waals surface area (Å²) in [6.07, 6.45) is 8.17. The predicted molar refractivity (Wildman–Crippen MR) is 241 cm³/mol. The number of hydrogen-bond donors (Lipinski definition) is 6. The van der Waals surface area contributed by atoms with Crippen LogP contribution in [0.4, 0.5) is 11.5 Å². The Hall–Kier alpha value is -6.20. The minimum absolute atomic E-state index is 0.0215. The Balaban J connectivity index is 1.25. The van der Waals surface area contributed by atoms with Crippen molar-refractivity contribution in [2.45, 2.75) is 89.6 Å². The third-order valence-corrected chi connectivity index (χ3v) is 12.6. The second kappa shape index (κ2) is 19.7. The summed E-state index contributed by atoms with van der Waals surface area (Å²) in [4.78, 5) is 24.6. The van der Waals surface area contributed by atoms with Crippen LogP contribution in [-0.4, -0.2) is 56.1 Å². The van der Waals surface area contributed by atoms with E-state index in [-0.39, 0.29) is 59.7 Å². The number of ketones is 1. The molecule has 326 valence electrons. The minimum atomic E-state index is -1.06. The highest BCUT2D eigenvalue weighted by Crippen LogP contribution is 2.54. The summed E-state index contributed by atoms with van der Waals surface area (Å²) in [5.41, 5.74) is 3.30. The molecular formula is C51H58N3O8-. The number of phenolic OH excluding ortho intramolecular Hbond substituents is 4. The smallest absolute Gasteiger partial charge is 0.200 e. The Labute approximate surface area is 363 Å². The molecule has 0 aliphatic heterocycles. The van der Waals surface area contributed by atoms with E-state index in [4.69, 9.17) is 14.5 Å². The highest BCUT2D eigenvalue weighted by atomic mass is 16.5. The first-order chi connectivity index (χ1) is 29.9. The number of carbonyl (C=O) groups excluding carboxylic acids is 1. The lowest BCUT2D eigenvalue weighted by molar-refractivity contribution is -0.131. The van der Waals surface area contributed by atoms with Gasteiger partial charge in [0.2, 0.25) is 5.75 Å². The number of fused-ring (bicyclic) bond motifs is 1. The van der Waals surface area contributed by atoms with Crippen molar-refractivity contribution in [3.63, 3.8) is 0 Å². The first kappa shape index (κ1) is 43.9. The van der Waals surface area contributed by atoms with E-state index in [0.29, 0.717) is 48.9 Å². The number of phenols is 4. The second-order valence-electron chi connectivity index (χ2n) is 17.2. The van der Waals surface area contributed by atoms with Gasteiger partial charge in [-0.3, -0.25) is 4.79 Å². The monoisotopic (exact) mass is 840 g/mol. The van der Waals surface area contributed by atoms with Crippen molar-refractivity contribution >= 4 is 28.1 Å². The zero-order valence-corrected chi connectivity index (χ0v) is 35.8. The van der Waals surface area contributed by atoms with Crippen molar-refractivity contribution in [1.29, 1.82) is 0 Å². The summed E-state index contributed by atoms with van der Waals surface area (Å²) in [6.45, 7) is 4.65. The summed E-state index contributed by atoms with van der Waals surface area (Å²) in [7, 11) is 1.49. The molecule has 1 aliphatic carbocycles. The molecule has 2 heterocycles. The van der Waals surface area contributed by atoms with E-state index < -0.39 is 17.4 Å². The quantitative estimate of drug-likeness (QED) is 0.0319. The lowest BCUT2D eigenvalue weighted by Gasteiger charge is -2.45. The molecule has 0 amide bonds. The van der Waals surface area contributed by atoms with Crippen LogP contribution in [0.5, 0.6) is 34.5 Å². The molecular weight excluding hydrogens is 783 g/mol. The maximum absolute atomic E-state index is 15.2. The summed E-state index contributed by atoms with van der Waals surface area (Å²) in [5.74, 6) is 0.170. The number of hydrogen-bond acceptors (Lipinski definition) is 10. The SMILES string of the molecule is COc1cc(CC[C@@H](O)[C@H](C(=O)CCc2cc(O)c(O)c(OCCCC(C)C)c2)[C@@]2(c3ccnc(Nc4ccc5cc(O)ccc5c4)c3)CCC[C@H]2Cc2ccc[n-]2)ccc1O. The number of methoxy groups -OCH3 is 1. The van der Waals surface area contributed by atoms with E-state index in [1.807, 2.05) is 48.5 Å². The summed E-state index contributed by atoms with van der Waals surface area (Å²) < 4.78 is 11.3. The Morgan fingerprint density at radius 2 is 1.69 bits per heavy atom. The molecule has 62 heavy (non-hydrogen) atoms. The van der Waals surface area contributed by atoms with Crippen LogP contribution in [0.2, 0.25) is 0 Å². The Morgan fingerprint density at radius 1 is 0.887 bits per heavy atom. The molecule has 7 rings (SSSR count). The number of aryl methyl sites for hydroxylation is 2. The molecule has 4 aromatic carbocycles. The number of anilines is 2. The number of aliphatic hydroxyl groups excluding tert-OH is 1. The molecule has 0 bridgehead atoms. The molecule has 6 aromatic rings. The van der Waals surface area contributed by atoms with Crippen LogP contribution >= 0.6 is 0 Å². The fourth-order valence-corrected chi connectivity index (χ4v) is 9.52. The average molecular weight is 841 g/mol. The van der Waals surface area contributed by atoms with Crippen molar-refractivity contribution in [3.05, 3.63) is 126 Å². The van der Waals surface area contributed by atoms with Gasteiger partial charge in [0, 0.05) is 23.7 Å². The topological polar surface area (TPSA) is 176 Å². The van der Waals surface area contributed by atoms with Gasteiger partial charge in [-0.1, -0.05) is 50.6 Å². The first-order valence-corrected chi connectivity index (χ1v) is 21.7. The summed E-state index contributed by atoms with van der Waals surface area (Å²) in [5, 5.41) is 59.6. The van der Waals surface area contributed by atoms with E-state index in [1.54, 1.807) is 48.8 Å². The number of benzene rings is 4. The van der Waals surface area contributed by atoms with Crippen molar-refractivity contribution in [1.82, 2.24) is 9.97 Å². The molecule has 0 radical (unpaired) electrons. The van der Waals surface area contributed by atoms with Crippen LogP contribution in [0.1, 0.15) is 81.2 Å². The molecule has 11 nitrogen and oxygen atoms in total. The maximum Gasteiger partial charge on any atom is 0.200 e. The van der Waals surface area contributed by atoms with Crippen molar-refractivity contribution in [2.75, 3.05) is 19.0 Å². The highest BCUT2D eigenvalue weighted by Gasteiger charge is 2.54. The molecule has 0 saturated heterocycles. The molecule has 11 heteroatoms. The molecule has 6 N–H and O–H groups in total. The number of ether oxygens (including phenoxy) is 2. The standard InChI is InChI=1S/C51H58N3O8/c1-32(2)7-6-24-62-47-27-34(25-45(59)50(47)60)12-19-44(58)49(43(57)18-11-33-10-17-42(56)46(26-33)61-3)51(21-4-8-37(51)30-39-9-5-22-52-39)38-20-23-53-48(31-38)54-40-15-13-36-29-41(55)16-14-35(36)28-40/h5,9-10,13-17,20,22-23,25-29,31-32,37,43,49,55-57,59-60H,4,6-8,11-12,18-19,21,24,30H2,1-3H3,(H,53,54)/q-1/t37-,43+,49+,51-/m0/s1. The highest BCUT2D eigenvalue weighted by molar-refractivity contribution is 5.87. The molecule has 1 fully saturated rings. The molecule has 2 aromatic heterocycles. The van der Waals surface area contributed by atoms with Gasteiger partial charge in [-0.15, -0.1) is 0 Å². The minimum Gasteiger partial charge on any atom is -0.668 e. The van der Waals surface area contributed by atoms with Crippen molar-refractivity contribution in [3.8, 4) is 34.5 Å². The average Bonchev–Trinajstić information content (AvgIpc) is 3.94. The van der Waals surface area contributed by atoms with Gasteiger partial charge < -0.3 is 45.3 Å². The van der Waals surface area contributed by atoms with Gasteiger partial charge in [0.1, 0.15) is 17.4 Å². The van der Waals surface area contributed by atoms with Crippen molar-refractivity contribution in [2.24, 2.45) is 17.8 Å². The van der Waals surface area contributed by atoms with E-state index in [0.717, 1.165) is 59.0 Å². The first-order valence-electron chi connectivity index (χ1n) is 21.7. The third kappa shape index (κ3) is 10.1. The van der Waals surface area contributed by atoms with Crippen LogP contribution in [0.3, 0.4) is 0 Å². The largest absolute Gasteiger partial charge is 0.668 e. The zero-order valence-electron chi connectivity index (χ0n) is 35.8. The number of rotatable bonds is 20. The zero-order chi connectivity index (χ0) is 43.8. The van der Waals surface area contributed by atoms with Crippen LogP contribution in [-0.2, 0) is 29.5 Å². The van der Waals surface area contributed by atoms with E-state index >= 15 is 4.79 Å². The predicted octanol–water partition coefficient (Wildman–Crippen LogP) is 9.67. The lowest BCUT2D eigenvalue weighted by Crippen LogP contribution is -2.49. The van der Waals surface area contributed by atoms with Crippen LogP contribution in [0.15, 0.2) is 103 Å². The van der Waals surface area contributed by atoms with Gasteiger partial charge in [0.05, 0.1) is 25.7 Å². The molecule has 0 unspecified atom stereocenters. The molecule has 1 saturated carbocycles. The lowest BCUT2D eigenvalue weighted by atomic mass is 9.59.